The lowest BCUT2D eigenvalue weighted by Gasteiger charge is -2.14. The van der Waals surface area contributed by atoms with E-state index in [1.165, 1.54) is 13.2 Å². The van der Waals surface area contributed by atoms with Gasteiger partial charge in [0.15, 0.2) is 0 Å². The molecule has 1 rings (SSSR count). The molecule has 0 unspecified atom stereocenters. The predicted molar refractivity (Wildman–Crippen MR) is 80.0 cm³/mol. The summed E-state index contributed by atoms with van der Waals surface area (Å²) in [6.45, 7) is 6.17. The Morgan fingerprint density at radius 1 is 1.25 bits per heavy atom. The number of hydrogen-bond donors (Lipinski definition) is 1. The molecule has 0 aromatic heterocycles. The first-order valence-electron chi connectivity index (χ1n) is 5.77. The van der Waals surface area contributed by atoms with Crippen molar-refractivity contribution in [1.82, 2.24) is 0 Å². The van der Waals surface area contributed by atoms with Gasteiger partial charge < -0.3 is 0 Å². The Morgan fingerprint density at radius 3 is 2.30 bits per heavy atom. The Bertz CT molecular complexity index is 556. The van der Waals surface area contributed by atoms with E-state index in [2.05, 4.69) is 52.5 Å². The molecule has 0 aliphatic rings. The molecule has 20 heavy (non-hydrogen) atoms. The summed E-state index contributed by atoms with van der Waals surface area (Å²) in [6, 6.07) is 2.35. The Hall–Kier alpha value is -0.973. The average Bonchev–Trinajstić information content (AvgIpc) is 2.26. The number of hydrogen-bond acceptors (Lipinski definition) is 2. The van der Waals surface area contributed by atoms with Crippen molar-refractivity contribution in [3.05, 3.63) is 27.7 Å². The van der Waals surface area contributed by atoms with Gasteiger partial charge in [-0.1, -0.05) is 41.5 Å². The Kier molecular flexibility index (Phi) is 5.30. The van der Waals surface area contributed by atoms with Crippen molar-refractivity contribution >= 4 is 29.7 Å². The van der Waals surface area contributed by atoms with E-state index >= 15 is 0 Å². The van der Waals surface area contributed by atoms with Gasteiger partial charge in [-0.25, -0.2) is 0 Å². The van der Waals surface area contributed by atoms with Crippen molar-refractivity contribution < 1.29 is 18.0 Å². The van der Waals surface area contributed by atoms with E-state index in [0.29, 0.717) is 5.56 Å². The first-order valence-corrected chi connectivity index (χ1v) is 10.1. The number of benzene rings is 1. The standard InChI is InChI=1S/C13H15BrF3NOSi/c1-19-18-12-8-10(13(15,16)17)11(14)7-9(12)5-6-20(2,3)4/h7-8,18H,1-4H3. The number of rotatable bonds is 2. The number of halogens is 4. The fourth-order valence-electron chi connectivity index (χ4n) is 1.34. The van der Waals surface area contributed by atoms with Crippen LogP contribution in [0.4, 0.5) is 18.9 Å². The largest absolute Gasteiger partial charge is 0.417 e. The molecule has 0 bridgehead atoms. The van der Waals surface area contributed by atoms with Crippen LogP contribution in [0.5, 0.6) is 0 Å². The van der Waals surface area contributed by atoms with Crippen LogP contribution >= 0.6 is 15.9 Å². The van der Waals surface area contributed by atoms with E-state index in [1.54, 1.807) is 0 Å². The molecule has 1 aromatic carbocycles. The van der Waals surface area contributed by atoms with Crippen LogP contribution in [-0.2, 0) is 11.0 Å². The molecule has 0 aliphatic carbocycles. The SMILES string of the molecule is CONc1cc(C(F)(F)F)c(Br)cc1C#C[Si](C)(C)C. The van der Waals surface area contributed by atoms with Gasteiger partial charge in [0.2, 0.25) is 0 Å². The molecular formula is C13H15BrF3NOSi. The van der Waals surface area contributed by atoms with Crippen molar-refractivity contribution in [1.29, 1.82) is 0 Å². The number of alkyl halides is 3. The molecule has 0 spiro atoms. The summed E-state index contributed by atoms with van der Waals surface area (Å²) in [6.07, 6.45) is -4.44. The third kappa shape index (κ3) is 4.85. The normalized spacial score (nSPS) is 11.8. The molecule has 0 heterocycles. The summed E-state index contributed by atoms with van der Waals surface area (Å²) in [4.78, 5) is 4.72. The lowest BCUT2D eigenvalue weighted by Crippen LogP contribution is -2.16. The number of nitrogens with one attached hydrogen (secondary N) is 1. The number of anilines is 1. The molecule has 0 saturated heterocycles. The van der Waals surface area contributed by atoms with Crippen molar-refractivity contribution in [3.8, 4) is 11.5 Å². The van der Waals surface area contributed by atoms with Gasteiger partial charge in [0, 0.05) is 4.47 Å². The van der Waals surface area contributed by atoms with Crippen LogP contribution in [0.1, 0.15) is 11.1 Å². The second-order valence-corrected chi connectivity index (χ2v) is 10.8. The lowest BCUT2D eigenvalue weighted by molar-refractivity contribution is -0.138. The minimum absolute atomic E-state index is 0.0356. The van der Waals surface area contributed by atoms with Crippen LogP contribution in [0.2, 0.25) is 19.6 Å². The molecule has 1 N–H and O–H groups in total. The second-order valence-electron chi connectivity index (χ2n) is 5.18. The van der Waals surface area contributed by atoms with E-state index < -0.39 is 19.8 Å². The molecule has 0 radical (unpaired) electrons. The van der Waals surface area contributed by atoms with E-state index in [-0.39, 0.29) is 10.2 Å². The molecule has 7 heteroatoms. The summed E-state index contributed by atoms with van der Waals surface area (Å²) >= 11 is 2.94. The Morgan fingerprint density at radius 2 is 1.85 bits per heavy atom. The molecule has 2 nitrogen and oxygen atoms in total. The molecule has 0 saturated carbocycles. The molecule has 0 fully saturated rings. The van der Waals surface area contributed by atoms with Gasteiger partial charge in [-0.3, -0.25) is 10.3 Å². The molecule has 0 amide bonds. The maximum absolute atomic E-state index is 12.8. The van der Waals surface area contributed by atoms with Crippen molar-refractivity contribution in [2.75, 3.05) is 12.6 Å². The zero-order chi connectivity index (χ0) is 15.6. The minimum atomic E-state index is -4.44. The highest BCUT2D eigenvalue weighted by molar-refractivity contribution is 9.10. The van der Waals surface area contributed by atoms with Gasteiger partial charge in [0.05, 0.1) is 23.9 Å². The van der Waals surface area contributed by atoms with Gasteiger partial charge in [-0.15, -0.1) is 5.54 Å². The highest BCUT2D eigenvalue weighted by Crippen LogP contribution is 2.37. The van der Waals surface area contributed by atoms with Gasteiger partial charge in [-0.05, 0) is 12.1 Å². The summed E-state index contributed by atoms with van der Waals surface area (Å²) in [5.74, 6) is 2.93. The van der Waals surface area contributed by atoms with E-state index in [0.717, 1.165) is 6.07 Å². The first kappa shape index (κ1) is 17.1. The average molecular weight is 366 g/mol. The first-order chi connectivity index (χ1) is 9.04. The topological polar surface area (TPSA) is 21.3 Å². The minimum Gasteiger partial charge on any atom is -0.279 e. The van der Waals surface area contributed by atoms with Crippen molar-refractivity contribution in [2.24, 2.45) is 0 Å². The highest BCUT2D eigenvalue weighted by Gasteiger charge is 2.33. The van der Waals surface area contributed by atoms with Crippen LogP contribution in [-0.4, -0.2) is 15.2 Å². The van der Waals surface area contributed by atoms with Gasteiger partial charge >= 0.3 is 6.18 Å². The van der Waals surface area contributed by atoms with E-state index in [1.807, 2.05) is 0 Å². The fourth-order valence-corrected chi connectivity index (χ4v) is 2.42. The van der Waals surface area contributed by atoms with Crippen molar-refractivity contribution in [2.45, 2.75) is 25.8 Å². The molecule has 0 atom stereocenters. The van der Waals surface area contributed by atoms with E-state index in [9.17, 15) is 13.2 Å². The summed E-state index contributed by atoms with van der Waals surface area (Å²) in [5, 5.41) is 0. The van der Waals surface area contributed by atoms with Gasteiger partial charge in [0.25, 0.3) is 0 Å². The highest BCUT2D eigenvalue weighted by atomic mass is 79.9. The van der Waals surface area contributed by atoms with Gasteiger partial charge in [0.1, 0.15) is 8.07 Å². The van der Waals surface area contributed by atoms with Crippen LogP contribution in [0.15, 0.2) is 16.6 Å². The third-order valence-electron chi connectivity index (χ3n) is 2.20. The zero-order valence-corrected chi connectivity index (χ0v) is 14.2. The second kappa shape index (κ2) is 6.20. The van der Waals surface area contributed by atoms with Crippen LogP contribution in [0, 0.1) is 11.5 Å². The Labute approximate surface area is 125 Å². The van der Waals surface area contributed by atoms with E-state index in [4.69, 9.17) is 4.84 Å². The third-order valence-corrected chi connectivity index (χ3v) is 3.73. The fraction of sp³-hybridized carbons (Fsp3) is 0.385. The lowest BCUT2D eigenvalue weighted by atomic mass is 10.1. The van der Waals surface area contributed by atoms with Crippen LogP contribution in [0.25, 0.3) is 0 Å². The van der Waals surface area contributed by atoms with Crippen LogP contribution in [0.3, 0.4) is 0 Å². The summed E-state index contributed by atoms with van der Waals surface area (Å²) in [7, 11) is -0.282. The predicted octanol–water partition coefficient (Wildman–Crippen LogP) is 4.67. The van der Waals surface area contributed by atoms with Crippen molar-refractivity contribution in [3.63, 3.8) is 0 Å². The molecular weight excluding hydrogens is 351 g/mol. The van der Waals surface area contributed by atoms with Crippen LogP contribution < -0.4 is 5.48 Å². The maximum atomic E-state index is 12.8. The molecule has 110 valence electrons. The quantitative estimate of drug-likeness (QED) is 0.467. The maximum Gasteiger partial charge on any atom is 0.417 e. The molecule has 0 aliphatic heterocycles. The zero-order valence-electron chi connectivity index (χ0n) is 11.6. The van der Waals surface area contributed by atoms with Gasteiger partial charge in [-0.2, -0.15) is 13.2 Å². The molecule has 1 aromatic rings. The monoisotopic (exact) mass is 365 g/mol. The smallest absolute Gasteiger partial charge is 0.279 e. The summed E-state index contributed by atoms with van der Waals surface area (Å²) in [5.41, 5.74) is 5.46. The Balaban J connectivity index is 3.38. The summed E-state index contributed by atoms with van der Waals surface area (Å²) < 4.78 is 38.5.